The summed E-state index contributed by atoms with van der Waals surface area (Å²) in [7, 11) is 0. The minimum atomic E-state index is -0.514. The number of carbonyl (C=O) groups excluding carboxylic acids is 1. The van der Waals surface area contributed by atoms with Gasteiger partial charge in [-0.1, -0.05) is 5.16 Å². The second-order valence-corrected chi connectivity index (χ2v) is 5.49. The molecule has 3 heterocycles. The van der Waals surface area contributed by atoms with Gasteiger partial charge in [-0.05, 0) is 31.5 Å². The molecule has 11 heteroatoms. The Bertz CT molecular complexity index is 948. The highest BCUT2D eigenvalue weighted by Crippen LogP contribution is 2.22. The molecule has 0 spiro atoms. The van der Waals surface area contributed by atoms with Gasteiger partial charge in [-0.2, -0.15) is 10.1 Å². The maximum atomic E-state index is 12.1. The van der Waals surface area contributed by atoms with Gasteiger partial charge in [0.25, 0.3) is 0 Å². The normalized spacial score (nSPS) is 10.7. The zero-order valence-corrected chi connectivity index (χ0v) is 14.0. The van der Waals surface area contributed by atoms with Crippen molar-refractivity contribution in [1.82, 2.24) is 30.2 Å². The van der Waals surface area contributed by atoms with E-state index in [0.29, 0.717) is 17.9 Å². The molecule has 0 bridgehead atoms. The number of rotatable bonds is 6. The molecular formula is C15H15N7O4. The minimum Gasteiger partial charge on any atom is -0.344 e. The molecule has 3 aromatic rings. The van der Waals surface area contributed by atoms with Gasteiger partial charge in [0, 0.05) is 18.9 Å². The van der Waals surface area contributed by atoms with E-state index < -0.39 is 10.8 Å². The van der Waals surface area contributed by atoms with Crippen LogP contribution in [0, 0.1) is 24.0 Å². The number of pyridine rings is 1. The molecule has 0 atom stereocenters. The van der Waals surface area contributed by atoms with Crippen LogP contribution in [0.15, 0.2) is 29.0 Å². The lowest BCUT2D eigenvalue weighted by Gasteiger charge is -2.01. The fraction of sp³-hybridized carbons (Fsp3) is 0.267. The molecule has 1 N–H and O–H groups in total. The molecule has 0 saturated carbocycles. The molecule has 0 aliphatic heterocycles. The molecule has 0 aliphatic carbocycles. The number of nitrogens with zero attached hydrogens (tertiary/aromatic N) is 6. The van der Waals surface area contributed by atoms with E-state index in [1.165, 1.54) is 4.68 Å². The Morgan fingerprint density at radius 3 is 2.73 bits per heavy atom. The van der Waals surface area contributed by atoms with E-state index in [9.17, 15) is 14.9 Å². The van der Waals surface area contributed by atoms with Crippen LogP contribution in [0.3, 0.4) is 0 Å². The van der Waals surface area contributed by atoms with Crippen molar-refractivity contribution < 1.29 is 14.2 Å². The predicted octanol–water partition coefficient (Wildman–Crippen LogP) is 1.16. The van der Waals surface area contributed by atoms with Crippen LogP contribution >= 0.6 is 0 Å². The molecule has 0 aliphatic rings. The van der Waals surface area contributed by atoms with E-state index in [2.05, 4.69) is 25.5 Å². The number of amides is 1. The van der Waals surface area contributed by atoms with Gasteiger partial charge >= 0.3 is 17.5 Å². The van der Waals surface area contributed by atoms with Crippen LogP contribution in [0.2, 0.25) is 0 Å². The largest absolute Gasteiger partial charge is 0.344 e. The van der Waals surface area contributed by atoms with E-state index in [0.717, 1.165) is 5.56 Å². The Morgan fingerprint density at radius 2 is 2.08 bits per heavy atom. The van der Waals surface area contributed by atoms with Gasteiger partial charge in [0.1, 0.15) is 17.9 Å². The van der Waals surface area contributed by atoms with Crippen LogP contribution in [0.5, 0.6) is 0 Å². The minimum absolute atomic E-state index is 0.0520. The van der Waals surface area contributed by atoms with E-state index in [4.69, 9.17) is 4.52 Å². The van der Waals surface area contributed by atoms with Crippen LogP contribution in [0.4, 0.5) is 5.69 Å². The van der Waals surface area contributed by atoms with Crippen LogP contribution in [0.25, 0.3) is 0 Å². The van der Waals surface area contributed by atoms with Crippen molar-refractivity contribution in [3.8, 4) is 0 Å². The number of nitrogens with one attached hydrogen (secondary N) is 1. The van der Waals surface area contributed by atoms with Gasteiger partial charge < -0.3 is 9.84 Å². The Balaban J connectivity index is 1.67. The lowest BCUT2D eigenvalue weighted by atomic mass is 10.3. The average Bonchev–Trinajstić information content (AvgIpc) is 3.18. The van der Waals surface area contributed by atoms with Gasteiger partial charge in [0.2, 0.25) is 0 Å². The van der Waals surface area contributed by atoms with Crippen LogP contribution in [0.1, 0.15) is 33.5 Å². The molecule has 3 rings (SSSR count). The summed E-state index contributed by atoms with van der Waals surface area (Å²) in [5.74, 6) is -0.510. The molecule has 26 heavy (non-hydrogen) atoms. The van der Waals surface area contributed by atoms with Crippen molar-refractivity contribution in [3.05, 3.63) is 63.3 Å². The molecule has 0 aromatic carbocycles. The van der Waals surface area contributed by atoms with Crippen molar-refractivity contribution in [2.75, 3.05) is 0 Å². The number of aromatic nitrogens is 5. The lowest BCUT2D eigenvalue weighted by Crippen LogP contribution is -2.23. The first-order chi connectivity index (χ1) is 12.5. The van der Waals surface area contributed by atoms with Crippen LogP contribution < -0.4 is 5.32 Å². The van der Waals surface area contributed by atoms with Crippen LogP contribution in [-0.4, -0.2) is 35.7 Å². The second-order valence-electron chi connectivity index (χ2n) is 5.49. The summed E-state index contributed by atoms with van der Waals surface area (Å²) in [6.07, 6.45) is 3.25. The van der Waals surface area contributed by atoms with E-state index >= 15 is 0 Å². The predicted molar refractivity (Wildman–Crippen MR) is 87.2 cm³/mol. The molecule has 0 radical (unpaired) electrons. The van der Waals surface area contributed by atoms with Gasteiger partial charge in [0.15, 0.2) is 5.82 Å². The van der Waals surface area contributed by atoms with Gasteiger partial charge in [-0.25, -0.2) is 0 Å². The maximum absolute atomic E-state index is 12.1. The van der Waals surface area contributed by atoms with E-state index in [1.54, 1.807) is 38.4 Å². The van der Waals surface area contributed by atoms with E-state index in [-0.39, 0.29) is 23.9 Å². The third-order valence-electron chi connectivity index (χ3n) is 3.68. The first-order valence-corrected chi connectivity index (χ1v) is 7.63. The monoisotopic (exact) mass is 357 g/mol. The smallest absolute Gasteiger partial charge is 0.316 e. The van der Waals surface area contributed by atoms with Crippen LogP contribution in [-0.2, 0) is 13.1 Å². The van der Waals surface area contributed by atoms with Gasteiger partial charge in [0.05, 0.1) is 4.92 Å². The number of hydrogen-bond donors (Lipinski definition) is 1. The van der Waals surface area contributed by atoms with Crippen molar-refractivity contribution in [3.63, 3.8) is 0 Å². The first-order valence-electron chi connectivity index (χ1n) is 7.63. The summed E-state index contributed by atoms with van der Waals surface area (Å²) in [5.41, 5.74) is 1.50. The van der Waals surface area contributed by atoms with Crippen molar-refractivity contribution in [2.24, 2.45) is 0 Å². The SMILES string of the molecule is Cc1nn(Cc2noc(C(=O)NCc3ccncc3)n2)c(C)c1[N+](=O)[O-]. The lowest BCUT2D eigenvalue weighted by molar-refractivity contribution is -0.386. The Morgan fingerprint density at radius 1 is 1.35 bits per heavy atom. The highest BCUT2D eigenvalue weighted by molar-refractivity contribution is 5.89. The summed E-state index contributed by atoms with van der Waals surface area (Å²) < 4.78 is 6.35. The molecule has 1 amide bonds. The van der Waals surface area contributed by atoms with Crippen molar-refractivity contribution in [2.45, 2.75) is 26.9 Å². The zero-order valence-electron chi connectivity index (χ0n) is 14.0. The Kier molecular flexibility index (Phi) is 4.69. The molecule has 11 nitrogen and oxygen atoms in total. The summed E-state index contributed by atoms with van der Waals surface area (Å²) in [6, 6.07) is 3.55. The molecule has 3 aromatic heterocycles. The fourth-order valence-electron chi connectivity index (χ4n) is 2.41. The Hall–Kier alpha value is -3.63. The standard InChI is InChI=1S/C15H15N7O4/c1-9-13(22(24)25)10(2)21(19-9)8-12-18-15(26-20-12)14(23)17-7-11-3-5-16-6-4-11/h3-6H,7-8H2,1-2H3,(H,17,23). The third kappa shape index (κ3) is 3.55. The zero-order chi connectivity index (χ0) is 18.7. The Labute approximate surface area is 147 Å². The quantitative estimate of drug-likeness (QED) is 0.511. The molecule has 134 valence electrons. The molecule has 0 saturated heterocycles. The van der Waals surface area contributed by atoms with Crippen molar-refractivity contribution in [1.29, 1.82) is 0 Å². The highest BCUT2D eigenvalue weighted by atomic mass is 16.6. The molecule has 0 fully saturated rings. The number of aryl methyl sites for hydroxylation is 1. The molecule has 0 unspecified atom stereocenters. The first kappa shape index (κ1) is 17.2. The molecular weight excluding hydrogens is 342 g/mol. The van der Waals surface area contributed by atoms with Crippen molar-refractivity contribution >= 4 is 11.6 Å². The third-order valence-corrected chi connectivity index (χ3v) is 3.68. The summed E-state index contributed by atoms with van der Waals surface area (Å²) in [4.78, 5) is 30.5. The summed E-state index contributed by atoms with van der Waals surface area (Å²) >= 11 is 0. The summed E-state index contributed by atoms with van der Waals surface area (Å²) in [5, 5.41) is 21.5. The fourth-order valence-corrected chi connectivity index (χ4v) is 2.41. The second kappa shape index (κ2) is 7.09. The average molecular weight is 357 g/mol. The number of carbonyl (C=O) groups is 1. The maximum Gasteiger partial charge on any atom is 0.316 e. The number of hydrogen-bond acceptors (Lipinski definition) is 8. The topological polar surface area (TPSA) is 142 Å². The number of nitro groups is 1. The summed E-state index contributed by atoms with van der Waals surface area (Å²) in [6.45, 7) is 3.49. The highest BCUT2D eigenvalue weighted by Gasteiger charge is 2.23. The van der Waals surface area contributed by atoms with E-state index in [1.807, 2.05) is 0 Å². The van der Waals surface area contributed by atoms with Gasteiger partial charge in [-0.15, -0.1) is 0 Å². The van der Waals surface area contributed by atoms with Gasteiger partial charge in [-0.3, -0.25) is 24.6 Å².